The number of hydrogen-bond donors (Lipinski definition) is 1. The van der Waals surface area contributed by atoms with Crippen LogP contribution in [0.15, 0.2) is 0 Å². The van der Waals surface area contributed by atoms with Gasteiger partial charge in [-0.15, -0.1) is 0 Å². The molecule has 1 heteroatoms. The zero-order valence-electron chi connectivity index (χ0n) is 7.70. The van der Waals surface area contributed by atoms with Crippen LogP contribution in [0.2, 0.25) is 0 Å². The van der Waals surface area contributed by atoms with Crippen molar-refractivity contribution in [2.45, 2.75) is 39.7 Å². The summed E-state index contributed by atoms with van der Waals surface area (Å²) >= 11 is 0. The lowest BCUT2D eigenvalue weighted by Gasteiger charge is -2.08. The van der Waals surface area contributed by atoms with Crippen LogP contribution in [0, 0.1) is 17.3 Å². The van der Waals surface area contributed by atoms with Gasteiger partial charge in [0.1, 0.15) is 0 Å². The van der Waals surface area contributed by atoms with Crippen molar-refractivity contribution in [2.24, 2.45) is 5.41 Å². The molecular formula is C10H17N. The van der Waals surface area contributed by atoms with E-state index in [4.69, 9.17) is 0 Å². The minimum absolute atomic E-state index is 0.157. The van der Waals surface area contributed by atoms with Crippen LogP contribution in [-0.2, 0) is 0 Å². The predicted octanol–water partition coefficient (Wildman–Crippen LogP) is 1.79. The standard InChI is InChI=1S/C10H17N/c1-10(2,3)7-6-9-5-4-8-11-9/h9,11H,4-5,8H2,1-3H3. The van der Waals surface area contributed by atoms with Crippen molar-refractivity contribution >= 4 is 0 Å². The molecule has 0 amide bonds. The summed E-state index contributed by atoms with van der Waals surface area (Å²) < 4.78 is 0. The Bertz CT molecular complexity index is 171. The first-order valence-corrected chi connectivity index (χ1v) is 4.34. The fourth-order valence-electron chi connectivity index (χ4n) is 1.11. The van der Waals surface area contributed by atoms with Gasteiger partial charge in [-0.25, -0.2) is 0 Å². The van der Waals surface area contributed by atoms with E-state index >= 15 is 0 Å². The SMILES string of the molecule is CC(C)(C)C#CC1CCCN1. The third-order valence-corrected chi connectivity index (χ3v) is 1.68. The molecule has 0 saturated carbocycles. The lowest BCUT2D eigenvalue weighted by atomic mass is 9.97. The molecule has 0 aromatic carbocycles. The van der Waals surface area contributed by atoms with Gasteiger partial charge in [-0.2, -0.15) is 0 Å². The summed E-state index contributed by atoms with van der Waals surface area (Å²) in [4.78, 5) is 0. The monoisotopic (exact) mass is 151 g/mol. The highest BCUT2D eigenvalue weighted by atomic mass is 14.9. The fraction of sp³-hybridized carbons (Fsp3) is 0.800. The van der Waals surface area contributed by atoms with Crippen molar-refractivity contribution in [3.8, 4) is 11.8 Å². The molecule has 1 aliphatic rings. The summed E-state index contributed by atoms with van der Waals surface area (Å²) in [7, 11) is 0. The van der Waals surface area contributed by atoms with Crippen LogP contribution in [0.4, 0.5) is 0 Å². The van der Waals surface area contributed by atoms with Gasteiger partial charge in [-0.05, 0) is 40.2 Å². The lowest BCUT2D eigenvalue weighted by Crippen LogP contribution is -2.19. The van der Waals surface area contributed by atoms with Gasteiger partial charge in [0.05, 0.1) is 6.04 Å². The smallest absolute Gasteiger partial charge is 0.0690 e. The molecule has 0 aromatic heterocycles. The van der Waals surface area contributed by atoms with Crippen LogP contribution in [0.1, 0.15) is 33.6 Å². The maximum absolute atomic E-state index is 3.36. The van der Waals surface area contributed by atoms with Crippen molar-refractivity contribution in [1.82, 2.24) is 5.32 Å². The highest BCUT2D eigenvalue weighted by molar-refractivity contribution is 5.14. The minimum atomic E-state index is 0.157. The van der Waals surface area contributed by atoms with Crippen molar-refractivity contribution < 1.29 is 0 Å². The molecule has 62 valence electrons. The van der Waals surface area contributed by atoms with E-state index in [0.717, 1.165) is 6.54 Å². The highest BCUT2D eigenvalue weighted by Gasteiger charge is 2.11. The van der Waals surface area contributed by atoms with E-state index in [9.17, 15) is 0 Å². The van der Waals surface area contributed by atoms with Crippen molar-refractivity contribution in [3.05, 3.63) is 0 Å². The van der Waals surface area contributed by atoms with E-state index in [1.165, 1.54) is 12.8 Å². The molecule has 1 nitrogen and oxygen atoms in total. The van der Waals surface area contributed by atoms with E-state index in [1.54, 1.807) is 0 Å². The second kappa shape index (κ2) is 3.28. The quantitative estimate of drug-likeness (QED) is 0.520. The fourth-order valence-corrected chi connectivity index (χ4v) is 1.11. The molecule has 0 aromatic rings. The Hall–Kier alpha value is -0.480. The minimum Gasteiger partial charge on any atom is -0.304 e. The third kappa shape index (κ3) is 3.43. The second-order valence-corrected chi connectivity index (χ2v) is 4.17. The van der Waals surface area contributed by atoms with E-state index in [-0.39, 0.29) is 5.41 Å². The average Bonchev–Trinajstić information content (AvgIpc) is 2.32. The topological polar surface area (TPSA) is 12.0 Å². The maximum Gasteiger partial charge on any atom is 0.0690 e. The molecule has 0 aliphatic carbocycles. The predicted molar refractivity (Wildman–Crippen MR) is 48.3 cm³/mol. The van der Waals surface area contributed by atoms with E-state index in [1.807, 2.05) is 0 Å². The maximum atomic E-state index is 3.36. The lowest BCUT2D eigenvalue weighted by molar-refractivity contribution is 0.568. The van der Waals surface area contributed by atoms with Crippen LogP contribution in [-0.4, -0.2) is 12.6 Å². The molecule has 0 spiro atoms. The number of nitrogens with one attached hydrogen (secondary N) is 1. The zero-order valence-corrected chi connectivity index (χ0v) is 7.70. The Balaban J connectivity index is 2.42. The van der Waals surface area contributed by atoms with Gasteiger partial charge in [-0.1, -0.05) is 11.8 Å². The van der Waals surface area contributed by atoms with Crippen LogP contribution < -0.4 is 5.32 Å². The molecule has 0 bridgehead atoms. The molecule has 11 heavy (non-hydrogen) atoms. The van der Waals surface area contributed by atoms with Gasteiger partial charge < -0.3 is 5.32 Å². The molecule has 1 saturated heterocycles. The molecule has 1 unspecified atom stereocenters. The van der Waals surface area contributed by atoms with Gasteiger partial charge in [0.25, 0.3) is 0 Å². The molecule has 1 fully saturated rings. The van der Waals surface area contributed by atoms with Crippen molar-refractivity contribution in [3.63, 3.8) is 0 Å². The van der Waals surface area contributed by atoms with Crippen molar-refractivity contribution in [2.75, 3.05) is 6.54 Å². The summed E-state index contributed by atoms with van der Waals surface area (Å²) in [5.74, 6) is 6.51. The number of rotatable bonds is 0. The Morgan fingerprint density at radius 3 is 2.55 bits per heavy atom. The van der Waals surface area contributed by atoms with E-state index in [2.05, 4.69) is 37.9 Å². The highest BCUT2D eigenvalue weighted by Crippen LogP contribution is 2.11. The zero-order chi connectivity index (χ0) is 8.32. The largest absolute Gasteiger partial charge is 0.304 e. The van der Waals surface area contributed by atoms with Gasteiger partial charge in [0, 0.05) is 5.41 Å². The summed E-state index contributed by atoms with van der Waals surface area (Å²) in [6.45, 7) is 7.59. The summed E-state index contributed by atoms with van der Waals surface area (Å²) in [6.07, 6.45) is 2.51. The molecular weight excluding hydrogens is 134 g/mol. The van der Waals surface area contributed by atoms with Crippen LogP contribution in [0.3, 0.4) is 0 Å². The second-order valence-electron chi connectivity index (χ2n) is 4.17. The molecule has 1 heterocycles. The van der Waals surface area contributed by atoms with Gasteiger partial charge in [0.2, 0.25) is 0 Å². The van der Waals surface area contributed by atoms with Gasteiger partial charge in [0.15, 0.2) is 0 Å². The van der Waals surface area contributed by atoms with Gasteiger partial charge in [-0.3, -0.25) is 0 Å². The summed E-state index contributed by atoms with van der Waals surface area (Å²) in [5, 5.41) is 3.36. The molecule has 0 radical (unpaired) electrons. The van der Waals surface area contributed by atoms with Crippen LogP contribution >= 0.6 is 0 Å². The summed E-state index contributed by atoms with van der Waals surface area (Å²) in [6, 6.07) is 0.467. The molecule has 1 atom stereocenters. The summed E-state index contributed by atoms with van der Waals surface area (Å²) in [5.41, 5.74) is 0.157. The Labute approximate surface area is 69.6 Å². The number of hydrogen-bond acceptors (Lipinski definition) is 1. The van der Waals surface area contributed by atoms with E-state index < -0.39 is 0 Å². The Kier molecular flexibility index (Phi) is 2.57. The van der Waals surface area contributed by atoms with Crippen LogP contribution in [0.25, 0.3) is 0 Å². The molecule has 1 N–H and O–H groups in total. The molecule has 1 aliphatic heterocycles. The van der Waals surface area contributed by atoms with Crippen molar-refractivity contribution in [1.29, 1.82) is 0 Å². The Morgan fingerprint density at radius 2 is 2.09 bits per heavy atom. The molecule has 1 rings (SSSR count). The average molecular weight is 151 g/mol. The van der Waals surface area contributed by atoms with E-state index in [0.29, 0.717) is 6.04 Å². The first-order chi connectivity index (χ1) is 5.08. The first-order valence-electron chi connectivity index (χ1n) is 4.34. The third-order valence-electron chi connectivity index (χ3n) is 1.68. The normalized spacial score (nSPS) is 24.5. The van der Waals surface area contributed by atoms with Gasteiger partial charge >= 0.3 is 0 Å². The van der Waals surface area contributed by atoms with Crippen LogP contribution in [0.5, 0.6) is 0 Å². The first kappa shape index (κ1) is 8.62. The Morgan fingerprint density at radius 1 is 1.36 bits per heavy atom.